The molecule has 2 N–H and O–H groups in total. The predicted octanol–water partition coefficient (Wildman–Crippen LogP) is 0.799. The Kier molecular flexibility index (Phi) is 4.56. The van der Waals surface area contributed by atoms with E-state index in [1.54, 1.807) is 0 Å². The summed E-state index contributed by atoms with van der Waals surface area (Å²) in [5.74, 6) is 1.84. The Labute approximate surface area is 189 Å². The van der Waals surface area contributed by atoms with Crippen LogP contribution in [0.2, 0.25) is 0 Å². The van der Waals surface area contributed by atoms with E-state index in [-0.39, 0.29) is 32.0 Å². The molecule has 0 aromatic heterocycles. The second-order valence-electron chi connectivity index (χ2n) is 10.8. The summed E-state index contributed by atoms with van der Waals surface area (Å²) in [4.78, 5) is 13.9. The SMILES string of the molecule is O=C(NC1CC2CNC1C2)C12CC3C[C@@]([I-]CCl)(C1)C[C@](c1ccccc1)(C3)C2. The fourth-order valence-corrected chi connectivity index (χ4v) is 13.3. The van der Waals surface area contributed by atoms with Crippen LogP contribution < -0.4 is 31.8 Å². The van der Waals surface area contributed by atoms with Gasteiger partial charge in [-0.05, 0) is 0 Å². The van der Waals surface area contributed by atoms with E-state index < -0.39 is 0 Å². The minimum absolute atomic E-state index is 0.0833. The Morgan fingerprint density at radius 2 is 1.97 bits per heavy atom. The second kappa shape index (κ2) is 6.83. The van der Waals surface area contributed by atoms with Crippen molar-refractivity contribution < 1.29 is 26.0 Å². The van der Waals surface area contributed by atoms with Crippen LogP contribution in [0.15, 0.2) is 30.3 Å². The van der Waals surface area contributed by atoms with Crippen LogP contribution in [0.3, 0.4) is 0 Å². The van der Waals surface area contributed by atoms with Gasteiger partial charge in [0.2, 0.25) is 0 Å². The van der Waals surface area contributed by atoms with Gasteiger partial charge in [0, 0.05) is 0 Å². The second-order valence-corrected chi connectivity index (χ2v) is 15.7. The molecule has 0 spiro atoms. The van der Waals surface area contributed by atoms with Crippen molar-refractivity contribution in [3.05, 3.63) is 35.9 Å². The van der Waals surface area contributed by atoms with Gasteiger partial charge in [-0.15, -0.1) is 0 Å². The number of fused-ring (bicyclic) bond motifs is 2. The molecule has 3 nitrogen and oxygen atoms in total. The third-order valence-corrected chi connectivity index (χ3v) is 12.6. The number of hydrogen-bond donors (Lipinski definition) is 2. The van der Waals surface area contributed by atoms with Gasteiger partial charge in [-0.3, -0.25) is 0 Å². The average Bonchev–Trinajstić information content (AvgIpc) is 3.31. The number of alkyl halides is 3. The quantitative estimate of drug-likeness (QED) is 0.441. The first-order valence-electron chi connectivity index (χ1n) is 11.3. The van der Waals surface area contributed by atoms with E-state index in [1.165, 1.54) is 37.7 Å². The topological polar surface area (TPSA) is 41.1 Å². The monoisotopic (exact) mass is 525 g/mol. The molecule has 1 aromatic carbocycles. The number of piperidine rings is 1. The molecule has 7 rings (SSSR count). The normalized spacial score (nSPS) is 47.1. The van der Waals surface area contributed by atoms with Gasteiger partial charge >= 0.3 is 190 Å². The molecule has 5 aliphatic carbocycles. The van der Waals surface area contributed by atoms with Crippen LogP contribution in [0.1, 0.15) is 56.9 Å². The van der Waals surface area contributed by atoms with Crippen molar-refractivity contribution in [3.63, 3.8) is 0 Å². The number of carbonyl (C=O) groups is 1. The Morgan fingerprint density at radius 3 is 2.69 bits per heavy atom. The fourth-order valence-electron chi connectivity index (χ4n) is 8.28. The zero-order valence-corrected chi connectivity index (χ0v) is 19.8. The minimum atomic E-state index is -0.164. The summed E-state index contributed by atoms with van der Waals surface area (Å²) in [5, 5.41) is 7.19. The van der Waals surface area contributed by atoms with E-state index in [0.29, 0.717) is 27.3 Å². The maximum absolute atomic E-state index is 13.9. The van der Waals surface area contributed by atoms with E-state index >= 15 is 0 Å². The molecule has 1 saturated heterocycles. The molecule has 1 amide bonds. The molecule has 6 fully saturated rings. The van der Waals surface area contributed by atoms with E-state index in [0.717, 1.165) is 35.6 Å². The van der Waals surface area contributed by atoms with Gasteiger partial charge in [0.25, 0.3) is 0 Å². The van der Waals surface area contributed by atoms with Crippen molar-refractivity contribution in [2.24, 2.45) is 17.3 Å². The standard InChI is InChI=1S/C24H31ClIN2O/c25-15-26-24-10-17-8-22(13-24,18-4-2-1-3-5-18)12-23(9-17,14-24)21(29)28-20-7-16-6-19(20)27-11-16/h1-5,16-17,19-20,27H,6-15H2,(H,28,29)/q-1/t16?,17?,19?,20?,22-,23?,24-/m0/s1. The van der Waals surface area contributed by atoms with Gasteiger partial charge in [-0.1, -0.05) is 0 Å². The molecule has 1 heterocycles. The van der Waals surface area contributed by atoms with Gasteiger partial charge < -0.3 is 0 Å². The van der Waals surface area contributed by atoms with Crippen LogP contribution in [0, 0.1) is 17.3 Å². The van der Waals surface area contributed by atoms with Gasteiger partial charge in [0.15, 0.2) is 0 Å². The number of carbonyl (C=O) groups excluding carboxylic acids is 1. The van der Waals surface area contributed by atoms with Crippen LogP contribution in [0.25, 0.3) is 0 Å². The molecule has 158 valence electrons. The molecular formula is C24H31ClIN2O-. The van der Waals surface area contributed by atoms with Crippen LogP contribution in [-0.4, -0.2) is 31.8 Å². The Balaban J connectivity index is 1.34. The molecule has 5 saturated carbocycles. The van der Waals surface area contributed by atoms with E-state index in [2.05, 4.69) is 41.0 Å². The Hall–Kier alpha value is -0.330. The van der Waals surface area contributed by atoms with Crippen molar-refractivity contribution in [1.29, 1.82) is 0 Å². The number of hydrogen-bond acceptors (Lipinski definition) is 2. The maximum atomic E-state index is 13.9. The summed E-state index contributed by atoms with van der Waals surface area (Å²) >= 11 is 6.29. The van der Waals surface area contributed by atoms with Gasteiger partial charge in [-0.2, -0.15) is 0 Å². The number of nitrogens with one attached hydrogen (secondary N) is 2. The summed E-state index contributed by atoms with van der Waals surface area (Å²) in [6, 6.07) is 12.0. The number of amides is 1. The molecular weight excluding hydrogens is 495 g/mol. The van der Waals surface area contributed by atoms with Crippen LogP contribution >= 0.6 is 11.6 Å². The van der Waals surface area contributed by atoms with Crippen LogP contribution in [0.4, 0.5) is 0 Å². The molecule has 5 unspecified atom stereocenters. The summed E-state index contributed by atoms with van der Waals surface area (Å²) < 4.78 is 1.19. The van der Waals surface area contributed by atoms with Crippen molar-refractivity contribution in [2.75, 3.05) is 10.4 Å². The van der Waals surface area contributed by atoms with Crippen molar-refractivity contribution in [3.8, 4) is 0 Å². The molecule has 1 aromatic rings. The van der Waals surface area contributed by atoms with Crippen molar-refractivity contribution in [1.82, 2.24) is 10.6 Å². The van der Waals surface area contributed by atoms with E-state index in [9.17, 15) is 4.79 Å². The first-order valence-corrected chi connectivity index (χ1v) is 14.4. The van der Waals surface area contributed by atoms with Crippen LogP contribution in [-0.2, 0) is 10.2 Å². The zero-order valence-electron chi connectivity index (χ0n) is 16.9. The Morgan fingerprint density at radius 1 is 1.10 bits per heavy atom. The van der Waals surface area contributed by atoms with E-state index in [1.807, 2.05) is 0 Å². The van der Waals surface area contributed by atoms with Gasteiger partial charge in [0.05, 0.1) is 0 Å². The molecule has 5 heteroatoms. The summed E-state index contributed by atoms with van der Waals surface area (Å²) in [7, 11) is 0. The number of halogens is 2. The predicted molar refractivity (Wildman–Crippen MR) is 112 cm³/mol. The molecule has 0 radical (unpaired) electrons. The van der Waals surface area contributed by atoms with Crippen LogP contribution in [0.5, 0.6) is 0 Å². The van der Waals surface area contributed by atoms with Crippen molar-refractivity contribution in [2.45, 2.75) is 72.3 Å². The molecule has 1 aliphatic heterocycles. The van der Waals surface area contributed by atoms with Crippen molar-refractivity contribution >= 4 is 17.5 Å². The van der Waals surface area contributed by atoms with Gasteiger partial charge in [0.1, 0.15) is 0 Å². The fraction of sp³-hybridized carbons (Fsp3) is 0.708. The zero-order chi connectivity index (χ0) is 19.7. The summed E-state index contributed by atoms with van der Waals surface area (Å²) in [6.45, 7) is 1.14. The van der Waals surface area contributed by atoms with Gasteiger partial charge in [-0.25, -0.2) is 0 Å². The molecule has 7 atom stereocenters. The average molecular weight is 526 g/mol. The first-order chi connectivity index (χ1) is 14.0. The molecule has 29 heavy (non-hydrogen) atoms. The third kappa shape index (κ3) is 3.02. The number of rotatable bonds is 5. The summed E-state index contributed by atoms with van der Waals surface area (Å²) in [5.41, 5.74) is 1.50. The summed E-state index contributed by atoms with van der Waals surface area (Å²) in [6.07, 6.45) is 9.55. The Bertz CT molecular complexity index is 820. The molecule has 6 aliphatic rings. The van der Waals surface area contributed by atoms with E-state index in [4.69, 9.17) is 11.6 Å². The molecule has 6 bridgehead atoms. The number of benzene rings is 1. The third-order valence-electron chi connectivity index (χ3n) is 8.85. The first kappa shape index (κ1) is 19.4.